The first-order valence-electron chi connectivity index (χ1n) is 5.94. The second kappa shape index (κ2) is 5.27. The highest BCUT2D eigenvalue weighted by Gasteiger charge is 2.31. The fourth-order valence-corrected chi connectivity index (χ4v) is 1.99. The number of methoxy groups -OCH3 is 1. The molecule has 0 bridgehead atoms. The lowest BCUT2D eigenvalue weighted by Gasteiger charge is -2.16. The number of carbonyl (C=O) groups is 1. The lowest BCUT2D eigenvalue weighted by molar-refractivity contribution is -0.132. The van der Waals surface area contributed by atoms with Crippen molar-refractivity contribution < 1.29 is 14.3 Å². The lowest BCUT2D eigenvalue weighted by atomic mass is 10.2. The summed E-state index contributed by atoms with van der Waals surface area (Å²) < 4.78 is 10.9. The van der Waals surface area contributed by atoms with Crippen LogP contribution in [0.4, 0.5) is 0 Å². The molecule has 0 aromatic heterocycles. The van der Waals surface area contributed by atoms with Crippen LogP contribution in [-0.4, -0.2) is 37.6 Å². The van der Waals surface area contributed by atoms with Crippen molar-refractivity contribution in [2.45, 2.75) is 19.1 Å². The van der Waals surface area contributed by atoms with Crippen molar-refractivity contribution in [2.24, 2.45) is 5.73 Å². The van der Waals surface area contributed by atoms with Crippen LogP contribution < -0.4 is 15.2 Å². The maximum atomic E-state index is 11.8. The van der Waals surface area contributed by atoms with Gasteiger partial charge in [-0.15, -0.1) is 0 Å². The second-order valence-electron chi connectivity index (χ2n) is 4.33. The van der Waals surface area contributed by atoms with Gasteiger partial charge >= 0.3 is 0 Å². The third-order valence-electron chi connectivity index (χ3n) is 3.14. The zero-order valence-electron chi connectivity index (χ0n) is 10.7. The van der Waals surface area contributed by atoms with Gasteiger partial charge in [0, 0.05) is 38.2 Å². The van der Waals surface area contributed by atoms with Crippen LogP contribution in [0.15, 0.2) is 18.2 Å². The molecule has 1 aromatic rings. The number of hydrogen-bond acceptors (Lipinski definition) is 4. The fraction of sp³-hybridized carbons (Fsp3) is 0.462. The largest absolute Gasteiger partial charge is 0.497 e. The summed E-state index contributed by atoms with van der Waals surface area (Å²) in [6.45, 7) is 1.10. The van der Waals surface area contributed by atoms with Crippen molar-refractivity contribution in [3.8, 4) is 11.5 Å². The van der Waals surface area contributed by atoms with Crippen molar-refractivity contribution in [2.75, 3.05) is 20.7 Å². The van der Waals surface area contributed by atoms with Gasteiger partial charge in [-0.05, 0) is 6.07 Å². The van der Waals surface area contributed by atoms with E-state index in [9.17, 15) is 4.79 Å². The van der Waals surface area contributed by atoms with Crippen LogP contribution in [-0.2, 0) is 11.3 Å². The zero-order valence-corrected chi connectivity index (χ0v) is 10.7. The van der Waals surface area contributed by atoms with Gasteiger partial charge in [-0.1, -0.05) is 6.07 Å². The fourth-order valence-electron chi connectivity index (χ4n) is 1.99. The topological polar surface area (TPSA) is 64.8 Å². The van der Waals surface area contributed by atoms with Crippen LogP contribution in [0, 0.1) is 0 Å². The highest BCUT2D eigenvalue weighted by Crippen LogP contribution is 2.27. The summed E-state index contributed by atoms with van der Waals surface area (Å²) in [5.74, 6) is 1.34. The Balaban J connectivity index is 2.19. The molecule has 1 fully saturated rings. The van der Waals surface area contributed by atoms with E-state index in [-0.39, 0.29) is 5.91 Å². The third kappa shape index (κ3) is 2.41. The molecule has 1 atom stereocenters. The minimum atomic E-state index is -0.410. The molecule has 98 valence electrons. The molecule has 1 saturated heterocycles. The molecule has 1 unspecified atom stereocenters. The van der Waals surface area contributed by atoms with Gasteiger partial charge in [0.15, 0.2) is 6.10 Å². The summed E-state index contributed by atoms with van der Waals surface area (Å²) in [6, 6.07) is 5.46. The highest BCUT2D eigenvalue weighted by molar-refractivity contribution is 5.83. The summed E-state index contributed by atoms with van der Waals surface area (Å²) in [5, 5.41) is 0. The van der Waals surface area contributed by atoms with Crippen molar-refractivity contribution in [1.29, 1.82) is 0 Å². The molecule has 5 nitrogen and oxygen atoms in total. The standard InChI is InChI=1S/C13H18N2O3/c1-15-6-5-11(13(15)16)18-12-7-10(17-2)4-3-9(12)8-14/h3-4,7,11H,5-6,8,14H2,1-2H3. The van der Waals surface area contributed by atoms with Crippen molar-refractivity contribution in [3.63, 3.8) is 0 Å². The first-order valence-corrected chi connectivity index (χ1v) is 5.94. The minimum Gasteiger partial charge on any atom is -0.497 e. The van der Waals surface area contributed by atoms with Gasteiger partial charge in [0.05, 0.1) is 7.11 Å². The van der Waals surface area contributed by atoms with Crippen LogP contribution in [0.25, 0.3) is 0 Å². The van der Waals surface area contributed by atoms with E-state index in [1.807, 2.05) is 12.1 Å². The Hall–Kier alpha value is -1.75. The predicted octanol–water partition coefficient (Wildman–Crippen LogP) is 0.763. The molecule has 0 spiro atoms. The molecule has 2 N–H and O–H groups in total. The van der Waals surface area contributed by atoms with Gasteiger partial charge < -0.3 is 20.1 Å². The van der Waals surface area contributed by atoms with Crippen molar-refractivity contribution in [3.05, 3.63) is 23.8 Å². The molecule has 1 aromatic carbocycles. The first kappa shape index (κ1) is 12.7. The molecule has 1 heterocycles. The quantitative estimate of drug-likeness (QED) is 0.857. The number of nitrogens with two attached hydrogens (primary N) is 1. The van der Waals surface area contributed by atoms with Gasteiger partial charge in [0.1, 0.15) is 11.5 Å². The Morgan fingerprint density at radius 1 is 1.50 bits per heavy atom. The van der Waals surface area contributed by atoms with E-state index in [2.05, 4.69) is 0 Å². The number of rotatable bonds is 4. The minimum absolute atomic E-state index is 0.0146. The summed E-state index contributed by atoms with van der Waals surface area (Å²) >= 11 is 0. The molecule has 1 amide bonds. The van der Waals surface area contributed by atoms with Gasteiger partial charge in [0.2, 0.25) is 0 Å². The number of ether oxygens (including phenoxy) is 2. The third-order valence-corrected chi connectivity index (χ3v) is 3.14. The summed E-state index contributed by atoms with van der Waals surface area (Å²) in [7, 11) is 3.37. The summed E-state index contributed by atoms with van der Waals surface area (Å²) in [5.41, 5.74) is 6.54. The average Bonchev–Trinajstić information content (AvgIpc) is 2.70. The molecular formula is C13H18N2O3. The molecule has 1 aliphatic heterocycles. The summed E-state index contributed by atoms with van der Waals surface area (Å²) in [6.07, 6.45) is 0.295. The monoisotopic (exact) mass is 250 g/mol. The number of hydrogen-bond donors (Lipinski definition) is 1. The van der Waals surface area contributed by atoms with E-state index in [4.69, 9.17) is 15.2 Å². The Labute approximate surface area is 106 Å². The maximum Gasteiger partial charge on any atom is 0.263 e. The smallest absolute Gasteiger partial charge is 0.263 e. The second-order valence-corrected chi connectivity index (χ2v) is 4.33. The molecule has 2 rings (SSSR count). The number of amides is 1. The van der Waals surface area contributed by atoms with E-state index in [1.54, 1.807) is 25.1 Å². The van der Waals surface area contributed by atoms with Crippen LogP contribution in [0.1, 0.15) is 12.0 Å². The SMILES string of the molecule is COc1ccc(CN)c(OC2CCN(C)C2=O)c1. The summed E-state index contributed by atoms with van der Waals surface area (Å²) in [4.78, 5) is 13.5. The van der Waals surface area contributed by atoms with Crippen molar-refractivity contribution >= 4 is 5.91 Å². The molecule has 18 heavy (non-hydrogen) atoms. The molecule has 0 aliphatic carbocycles. The first-order chi connectivity index (χ1) is 8.65. The lowest BCUT2D eigenvalue weighted by Crippen LogP contribution is -2.29. The van der Waals surface area contributed by atoms with Gasteiger partial charge in [-0.3, -0.25) is 4.79 Å². The van der Waals surface area contributed by atoms with Gasteiger partial charge in [-0.2, -0.15) is 0 Å². The Morgan fingerprint density at radius 3 is 2.83 bits per heavy atom. The zero-order chi connectivity index (χ0) is 13.1. The van der Waals surface area contributed by atoms with E-state index >= 15 is 0 Å². The molecule has 0 radical (unpaired) electrons. The molecule has 1 aliphatic rings. The van der Waals surface area contributed by atoms with E-state index < -0.39 is 6.10 Å². The number of likely N-dealkylation sites (N-methyl/N-ethyl adjacent to an activating group) is 1. The molecule has 5 heteroatoms. The molecule has 0 saturated carbocycles. The van der Waals surface area contributed by atoms with Crippen LogP contribution in [0.5, 0.6) is 11.5 Å². The van der Waals surface area contributed by atoms with E-state index in [0.717, 1.165) is 12.1 Å². The Morgan fingerprint density at radius 2 is 2.28 bits per heavy atom. The predicted molar refractivity (Wildman–Crippen MR) is 67.6 cm³/mol. The maximum absolute atomic E-state index is 11.8. The van der Waals surface area contributed by atoms with Crippen LogP contribution >= 0.6 is 0 Å². The average molecular weight is 250 g/mol. The molecular weight excluding hydrogens is 232 g/mol. The van der Waals surface area contributed by atoms with E-state index in [1.165, 1.54) is 0 Å². The normalized spacial score (nSPS) is 19.2. The number of carbonyl (C=O) groups excluding carboxylic acids is 1. The number of likely N-dealkylation sites (tertiary alicyclic amines) is 1. The van der Waals surface area contributed by atoms with Crippen LogP contribution in [0.2, 0.25) is 0 Å². The Kier molecular flexibility index (Phi) is 3.72. The van der Waals surface area contributed by atoms with Crippen LogP contribution in [0.3, 0.4) is 0 Å². The Bertz CT molecular complexity index is 448. The van der Waals surface area contributed by atoms with Gasteiger partial charge in [0.25, 0.3) is 5.91 Å². The number of benzene rings is 1. The number of nitrogens with zero attached hydrogens (tertiary/aromatic N) is 1. The highest BCUT2D eigenvalue weighted by atomic mass is 16.5. The van der Waals surface area contributed by atoms with E-state index in [0.29, 0.717) is 24.5 Å². The van der Waals surface area contributed by atoms with Gasteiger partial charge in [-0.25, -0.2) is 0 Å². The van der Waals surface area contributed by atoms with Crippen molar-refractivity contribution in [1.82, 2.24) is 4.90 Å².